The van der Waals surface area contributed by atoms with Crippen LogP contribution >= 0.6 is 11.6 Å². The average molecular weight is 836 g/mol. The molecule has 0 radical (unpaired) electrons. The number of hydrogen-bond donors (Lipinski definition) is 0. The second kappa shape index (κ2) is 17.1. The van der Waals surface area contributed by atoms with E-state index >= 15 is 4.39 Å². The lowest BCUT2D eigenvalue weighted by Gasteiger charge is -2.39. The molecule has 0 N–H and O–H groups in total. The first-order valence-electron chi connectivity index (χ1n) is 18.7. The number of ether oxygens (including phenoxy) is 5. The van der Waals surface area contributed by atoms with Crippen LogP contribution in [0.2, 0.25) is 23.4 Å². The molecule has 1 unspecified atom stereocenters. The number of nitrogens with zero attached hydrogens (tertiary/aromatic N) is 5. The van der Waals surface area contributed by atoms with Crippen LogP contribution in [0.3, 0.4) is 0 Å². The van der Waals surface area contributed by atoms with Gasteiger partial charge in [0.1, 0.15) is 23.4 Å². The van der Waals surface area contributed by atoms with Gasteiger partial charge < -0.3 is 28.1 Å². The van der Waals surface area contributed by atoms with Crippen molar-refractivity contribution in [3.63, 3.8) is 0 Å². The van der Waals surface area contributed by atoms with Crippen LogP contribution in [-0.4, -0.2) is 100 Å². The summed E-state index contributed by atoms with van der Waals surface area (Å²) >= 11 is 6.46. The number of carbonyl (C=O) groups excluding carboxylic acids is 4. The number of amides is 2. The average Bonchev–Trinajstić information content (AvgIpc) is 3.61. The van der Waals surface area contributed by atoms with Gasteiger partial charge in [0.15, 0.2) is 43.5 Å². The van der Waals surface area contributed by atoms with E-state index in [1.807, 2.05) is 33.9 Å². The summed E-state index contributed by atoms with van der Waals surface area (Å²) in [5.41, 5.74) is -3.69. The Morgan fingerprint density at radius 2 is 1.53 bits per heavy atom. The summed E-state index contributed by atoms with van der Waals surface area (Å²) in [5, 5.41) is -0.763. The van der Waals surface area contributed by atoms with Gasteiger partial charge in [-0.05, 0) is 90.7 Å². The van der Waals surface area contributed by atoms with Gasteiger partial charge in [0, 0.05) is 6.42 Å². The predicted molar refractivity (Wildman–Crippen MR) is 212 cm³/mol. The van der Waals surface area contributed by atoms with E-state index in [0.717, 1.165) is 0 Å². The molecular formula is C39H55ClFN5O10Si. The van der Waals surface area contributed by atoms with Crippen molar-refractivity contribution in [2.24, 2.45) is 0 Å². The summed E-state index contributed by atoms with van der Waals surface area (Å²) < 4.78 is 54.0. The van der Waals surface area contributed by atoms with E-state index in [1.165, 1.54) is 17.8 Å². The van der Waals surface area contributed by atoms with E-state index in [2.05, 4.69) is 15.0 Å². The van der Waals surface area contributed by atoms with Crippen molar-refractivity contribution in [2.75, 3.05) is 18.1 Å². The summed E-state index contributed by atoms with van der Waals surface area (Å²) in [6.45, 7) is 21.9. The molecule has 18 heteroatoms. The number of rotatable bonds is 12. The summed E-state index contributed by atoms with van der Waals surface area (Å²) in [4.78, 5) is 67.6. The minimum atomic E-state index is -2.75. The molecule has 5 atom stereocenters. The number of imide groups is 1. The van der Waals surface area contributed by atoms with Crippen LogP contribution in [-0.2, 0) is 44.1 Å². The minimum absolute atomic E-state index is 0.0262. The normalized spacial score (nSPS) is 20.2. The van der Waals surface area contributed by atoms with Crippen molar-refractivity contribution in [3.05, 3.63) is 47.5 Å². The molecule has 0 saturated carbocycles. The Balaban J connectivity index is 1.84. The van der Waals surface area contributed by atoms with Gasteiger partial charge in [0.05, 0.1) is 19.5 Å². The maximum absolute atomic E-state index is 17.0. The highest BCUT2D eigenvalue weighted by atomic mass is 35.5. The maximum Gasteiger partial charge on any atom is 0.425 e. The van der Waals surface area contributed by atoms with E-state index in [-0.39, 0.29) is 35.0 Å². The first-order valence-corrected chi connectivity index (χ1v) is 22.0. The first kappa shape index (κ1) is 45.7. The number of hydrogen-bond acceptors (Lipinski definition) is 13. The van der Waals surface area contributed by atoms with Crippen LogP contribution in [0.25, 0.3) is 11.2 Å². The zero-order valence-corrected chi connectivity index (χ0v) is 36.7. The Morgan fingerprint density at radius 1 is 0.947 bits per heavy atom. The second-order valence-corrected chi connectivity index (χ2v) is 22.5. The number of alkyl halides is 1. The highest BCUT2D eigenvalue weighted by Crippen LogP contribution is 2.44. The van der Waals surface area contributed by atoms with Gasteiger partial charge in [-0.2, -0.15) is 14.9 Å². The molecule has 1 saturated heterocycles. The maximum atomic E-state index is 17.0. The molecule has 4 rings (SSSR count). The van der Waals surface area contributed by atoms with E-state index in [0.29, 0.717) is 10.5 Å². The molecule has 1 aliphatic heterocycles. The second-order valence-electron chi connectivity index (χ2n) is 17.4. The van der Waals surface area contributed by atoms with E-state index < -0.39 is 85.6 Å². The SMILES string of the molecule is CCOC(=O)C(Cc1ccccc1)(OC[C@H]1O[C@@H](n2cnc3c(N(C(=O)OC(C)(C)C)C(=O)OC(C)(C)C)nc(Cl)nc32)[C@H](O[Si](C)(C)C(C)(C)C)[C@@H]1F)C(C)=O. The highest BCUT2D eigenvalue weighted by Gasteiger charge is 2.54. The molecule has 2 amide bonds. The van der Waals surface area contributed by atoms with Crippen molar-refractivity contribution >= 4 is 60.8 Å². The van der Waals surface area contributed by atoms with Crippen LogP contribution in [0.4, 0.5) is 19.8 Å². The van der Waals surface area contributed by atoms with Crippen molar-refractivity contribution < 1.29 is 51.7 Å². The fourth-order valence-electron chi connectivity index (χ4n) is 5.68. The van der Waals surface area contributed by atoms with Gasteiger partial charge in [0.25, 0.3) is 0 Å². The highest BCUT2D eigenvalue weighted by molar-refractivity contribution is 6.74. The monoisotopic (exact) mass is 835 g/mol. The Morgan fingerprint density at radius 3 is 2.04 bits per heavy atom. The molecule has 1 fully saturated rings. The van der Waals surface area contributed by atoms with Crippen molar-refractivity contribution in [1.29, 1.82) is 0 Å². The number of imidazole rings is 1. The molecule has 0 spiro atoms. The molecule has 1 aliphatic rings. The van der Waals surface area contributed by atoms with Crippen LogP contribution in [0, 0.1) is 0 Å². The standard InChI is InChI=1S/C39H55ClFN5O10Si/c1-14-51-32(48)39(23(2)47,20-24-18-16-15-17-19-24)52-21-25-26(41)28(56-57(12,13)38(9,10)11)31(53-25)45-22-42-27-29(45)43-33(40)44-30(27)46(34(49)54-36(3,4)5)35(50)55-37(6,7)8/h15-19,22,25-26,28,31H,14,20-21H2,1-13H3/t25-,26-,28-,31-,39?/m1/s1. The molecule has 3 heterocycles. The first-order chi connectivity index (χ1) is 26.2. The van der Waals surface area contributed by atoms with Crippen molar-refractivity contribution in [2.45, 2.75) is 142 Å². The molecule has 314 valence electrons. The molecular weight excluding hydrogens is 781 g/mol. The number of fused-ring (bicyclic) bond motifs is 1. The fourth-order valence-corrected chi connectivity index (χ4v) is 7.12. The lowest BCUT2D eigenvalue weighted by Crippen LogP contribution is -2.53. The van der Waals surface area contributed by atoms with E-state index in [4.69, 9.17) is 39.7 Å². The zero-order valence-electron chi connectivity index (χ0n) is 35.0. The van der Waals surface area contributed by atoms with Crippen LogP contribution in [0.15, 0.2) is 36.7 Å². The lowest BCUT2D eigenvalue weighted by atomic mass is 9.90. The van der Waals surface area contributed by atoms with Gasteiger partial charge >= 0.3 is 18.2 Å². The van der Waals surface area contributed by atoms with Gasteiger partial charge in [-0.1, -0.05) is 51.1 Å². The number of esters is 1. The van der Waals surface area contributed by atoms with Crippen LogP contribution in [0.1, 0.15) is 88.0 Å². The number of anilines is 1. The summed E-state index contributed by atoms with van der Waals surface area (Å²) in [6, 6.07) is 8.78. The number of benzene rings is 1. The Kier molecular flexibility index (Phi) is 13.7. The van der Waals surface area contributed by atoms with Gasteiger partial charge in [-0.25, -0.2) is 23.8 Å². The Hall–Kier alpha value is -4.03. The van der Waals surface area contributed by atoms with Crippen molar-refractivity contribution in [3.8, 4) is 0 Å². The van der Waals surface area contributed by atoms with Crippen LogP contribution < -0.4 is 4.90 Å². The zero-order chi connectivity index (χ0) is 42.9. The molecule has 57 heavy (non-hydrogen) atoms. The Labute approximate surface area is 339 Å². The summed E-state index contributed by atoms with van der Waals surface area (Å²) in [7, 11) is -2.75. The van der Waals surface area contributed by atoms with Gasteiger partial charge in [-0.3, -0.25) is 9.36 Å². The third kappa shape index (κ3) is 10.5. The van der Waals surface area contributed by atoms with E-state index in [1.54, 1.807) is 78.8 Å². The minimum Gasteiger partial charge on any atom is -0.463 e. The number of ketones is 1. The summed E-state index contributed by atoms with van der Waals surface area (Å²) in [6.07, 6.45) is -6.98. The summed E-state index contributed by atoms with van der Waals surface area (Å²) in [5.74, 6) is -1.91. The largest absolute Gasteiger partial charge is 0.463 e. The fraction of sp³-hybridized carbons (Fsp3) is 0.615. The number of aromatic nitrogens is 4. The third-order valence-electron chi connectivity index (χ3n) is 9.48. The molecule has 0 aliphatic carbocycles. The van der Waals surface area contributed by atoms with E-state index in [9.17, 15) is 19.2 Å². The third-order valence-corrected chi connectivity index (χ3v) is 14.1. The molecule has 0 bridgehead atoms. The number of halogens is 2. The predicted octanol–water partition coefficient (Wildman–Crippen LogP) is 7.93. The Bertz CT molecular complexity index is 1920. The van der Waals surface area contributed by atoms with Crippen LogP contribution in [0.5, 0.6) is 0 Å². The molecule has 2 aromatic heterocycles. The number of carbonyl (C=O) groups is 4. The topological polar surface area (TPSA) is 171 Å². The quantitative estimate of drug-likeness (QED) is 0.0567. The van der Waals surface area contributed by atoms with Gasteiger partial charge in [0.2, 0.25) is 10.9 Å². The lowest BCUT2D eigenvalue weighted by molar-refractivity contribution is -0.182. The number of Topliss-reactive ketones (excluding diaryl/α,β-unsaturated/α-hetero) is 1. The molecule has 15 nitrogen and oxygen atoms in total. The molecule has 1 aromatic carbocycles. The molecule has 3 aromatic rings. The van der Waals surface area contributed by atoms with Gasteiger partial charge in [-0.15, -0.1) is 0 Å². The van der Waals surface area contributed by atoms with Crippen molar-refractivity contribution in [1.82, 2.24) is 19.5 Å². The smallest absolute Gasteiger partial charge is 0.425 e.